The Morgan fingerprint density at radius 1 is 1.47 bits per heavy atom. The van der Waals surface area contributed by atoms with Gasteiger partial charge in [-0.2, -0.15) is 11.8 Å². The van der Waals surface area contributed by atoms with E-state index in [2.05, 4.69) is 11.8 Å². The first-order chi connectivity index (χ1) is 8.95. The van der Waals surface area contributed by atoms with Gasteiger partial charge >= 0.3 is 0 Å². The molecule has 1 aliphatic heterocycles. The van der Waals surface area contributed by atoms with E-state index in [9.17, 15) is 8.42 Å². The highest BCUT2D eigenvalue weighted by molar-refractivity contribution is 8.01. The Hall–Kier alpha value is 0.220. The van der Waals surface area contributed by atoms with Crippen molar-refractivity contribution in [3.05, 3.63) is 0 Å². The molecule has 1 aliphatic carbocycles. The number of thioether (sulfide) groups is 1. The summed E-state index contributed by atoms with van der Waals surface area (Å²) in [6.45, 7) is 5.44. The molecule has 0 bridgehead atoms. The van der Waals surface area contributed by atoms with Gasteiger partial charge in [0.25, 0.3) is 0 Å². The predicted molar refractivity (Wildman–Crippen MR) is 82.1 cm³/mol. The number of nitrogens with zero attached hydrogens (tertiary/aromatic N) is 1. The number of rotatable bonds is 4. The summed E-state index contributed by atoms with van der Waals surface area (Å²) >= 11 is 1.76. The van der Waals surface area contributed by atoms with Gasteiger partial charge in [0.1, 0.15) is 5.37 Å². The van der Waals surface area contributed by atoms with Gasteiger partial charge in [-0.05, 0) is 25.2 Å². The first-order valence-electron chi connectivity index (χ1n) is 7.21. The maximum Gasteiger partial charge on any atom is 0.166 e. The monoisotopic (exact) mass is 306 g/mol. The van der Waals surface area contributed by atoms with Gasteiger partial charge in [0.05, 0.1) is 0 Å². The third-order valence-corrected chi connectivity index (χ3v) is 8.01. The molecule has 0 aromatic heterocycles. The van der Waals surface area contributed by atoms with Gasteiger partial charge in [0, 0.05) is 35.9 Å². The minimum atomic E-state index is -3.02. The standard InChI is InChI=1S/C13H26N2O2S2/c1-3-19(16,17)12-9-18-7-6-15(12)13(10-14)5-4-11(2)8-13/h11-12H,3-10,14H2,1-2H3. The lowest BCUT2D eigenvalue weighted by Gasteiger charge is -2.47. The van der Waals surface area contributed by atoms with Gasteiger partial charge in [-0.25, -0.2) is 8.42 Å². The molecule has 3 unspecified atom stereocenters. The first kappa shape index (κ1) is 15.6. The Bertz CT molecular complexity index is 413. The van der Waals surface area contributed by atoms with Gasteiger partial charge in [-0.1, -0.05) is 13.8 Å². The average molecular weight is 306 g/mol. The van der Waals surface area contributed by atoms with Crippen molar-refractivity contribution in [3.63, 3.8) is 0 Å². The van der Waals surface area contributed by atoms with Gasteiger partial charge < -0.3 is 5.73 Å². The summed E-state index contributed by atoms with van der Waals surface area (Å²) < 4.78 is 24.7. The molecule has 19 heavy (non-hydrogen) atoms. The fraction of sp³-hybridized carbons (Fsp3) is 1.00. The molecule has 1 saturated carbocycles. The molecule has 4 nitrogen and oxygen atoms in total. The van der Waals surface area contributed by atoms with Crippen molar-refractivity contribution in [2.45, 2.75) is 44.0 Å². The maximum absolute atomic E-state index is 12.4. The molecule has 2 aliphatic rings. The van der Waals surface area contributed by atoms with Gasteiger partial charge in [0.2, 0.25) is 0 Å². The average Bonchev–Trinajstić information content (AvgIpc) is 2.81. The highest BCUT2D eigenvalue weighted by Gasteiger charge is 2.47. The van der Waals surface area contributed by atoms with Crippen LogP contribution in [0.25, 0.3) is 0 Å². The molecule has 0 aromatic carbocycles. The lowest BCUT2D eigenvalue weighted by atomic mass is 9.93. The van der Waals surface area contributed by atoms with Crippen molar-refractivity contribution in [3.8, 4) is 0 Å². The molecule has 6 heteroatoms. The summed E-state index contributed by atoms with van der Waals surface area (Å²) in [6.07, 6.45) is 3.26. The van der Waals surface area contributed by atoms with Crippen LogP contribution in [0.15, 0.2) is 0 Å². The zero-order valence-electron chi connectivity index (χ0n) is 12.0. The van der Waals surface area contributed by atoms with Gasteiger partial charge in [-0.15, -0.1) is 0 Å². The minimum Gasteiger partial charge on any atom is -0.329 e. The molecule has 0 amide bonds. The van der Waals surface area contributed by atoms with Crippen LogP contribution in [0.5, 0.6) is 0 Å². The largest absolute Gasteiger partial charge is 0.329 e. The highest BCUT2D eigenvalue weighted by Crippen LogP contribution is 2.41. The van der Waals surface area contributed by atoms with E-state index < -0.39 is 9.84 Å². The Balaban J connectivity index is 2.29. The summed E-state index contributed by atoms with van der Waals surface area (Å²) in [5.74, 6) is 2.60. The van der Waals surface area contributed by atoms with Crippen LogP contribution in [-0.2, 0) is 9.84 Å². The second-order valence-corrected chi connectivity index (χ2v) is 9.55. The minimum absolute atomic E-state index is 0.0761. The molecule has 2 fully saturated rings. The van der Waals surface area contributed by atoms with Crippen LogP contribution in [0.2, 0.25) is 0 Å². The number of hydrogen-bond acceptors (Lipinski definition) is 5. The predicted octanol–water partition coefficient (Wildman–Crippen LogP) is 1.31. The summed E-state index contributed by atoms with van der Waals surface area (Å²) in [4.78, 5) is 2.24. The zero-order chi connectivity index (χ0) is 14.1. The lowest BCUT2D eigenvalue weighted by molar-refractivity contribution is 0.0913. The van der Waals surface area contributed by atoms with E-state index in [-0.39, 0.29) is 16.7 Å². The fourth-order valence-electron chi connectivity index (χ4n) is 3.54. The van der Waals surface area contributed by atoms with Crippen molar-refractivity contribution in [2.24, 2.45) is 11.7 Å². The molecule has 2 N–H and O–H groups in total. The molecule has 1 saturated heterocycles. The summed E-state index contributed by atoms with van der Waals surface area (Å²) in [7, 11) is -3.02. The normalized spacial score (nSPS) is 37.6. The van der Waals surface area contributed by atoms with E-state index in [0.29, 0.717) is 18.2 Å². The van der Waals surface area contributed by atoms with E-state index in [1.807, 2.05) is 0 Å². The highest BCUT2D eigenvalue weighted by atomic mass is 32.2. The van der Waals surface area contributed by atoms with Crippen LogP contribution in [0.3, 0.4) is 0 Å². The summed E-state index contributed by atoms with van der Waals surface area (Å²) in [5, 5.41) is -0.329. The van der Waals surface area contributed by atoms with E-state index in [0.717, 1.165) is 25.1 Å². The van der Waals surface area contributed by atoms with Crippen molar-refractivity contribution >= 4 is 21.6 Å². The maximum atomic E-state index is 12.4. The van der Waals surface area contributed by atoms with Gasteiger partial charge in [-0.3, -0.25) is 4.90 Å². The van der Waals surface area contributed by atoms with Crippen LogP contribution in [0.1, 0.15) is 33.1 Å². The van der Waals surface area contributed by atoms with Crippen LogP contribution < -0.4 is 5.73 Å². The quantitative estimate of drug-likeness (QED) is 0.848. The first-order valence-corrected chi connectivity index (χ1v) is 10.1. The fourth-order valence-corrected chi connectivity index (χ4v) is 6.64. The van der Waals surface area contributed by atoms with Crippen LogP contribution in [0.4, 0.5) is 0 Å². The number of nitrogens with two attached hydrogens (primary N) is 1. The summed E-state index contributed by atoms with van der Waals surface area (Å²) in [5.41, 5.74) is 5.99. The second kappa shape index (κ2) is 5.92. The number of hydrogen-bond donors (Lipinski definition) is 1. The smallest absolute Gasteiger partial charge is 0.166 e. The third-order valence-electron chi connectivity index (χ3n) is 4.72. The number of sulfone groups is 1. The Labute approximate surface area is 121 Å². The molecule has 3 atom stereocenters. The Morgan fingerprint density at radius 2 is 2.21 bits per heavy atom. The molecule has 1 heterocycles. The van der Waals surface area contributed by atoms with Crippen LogP contribution in [0, 0.1) is 5.92 Å². The molecule has 0 spiro atoms. The van der Waals surface area contributed by atoms with Crippen molar-refractivity contribution in [1.82, 2.24) is 4.90 Å². The third kappa shape index (κ3) is 2.96. The lowest BCUT2D eigenvalue weighted by Crippen LogP contribution is -2.61. The van der Waals surface area contributed by atoms with E-state index in [1.54, 1.807) is 18.7 Å². The van der Waals surface area contributed by atoms with Crippen LogP contribution >= 0.6 is 11.8 Å². The molecular weight excluding hydrogens is 280 g/mol. The SMILES string of the molecule is CCS(=O)(=O)C1CSCCN1C1(CN)CCC(C)C1. The molecule has 0 aromatic rings. The molecule has 112 valence electrons. The molecule has 0 radical (unpaired) electrons. The molecule has 2 rings (SSSR count). The second-order valence-electron chi connectivity index (χ2n) is 5.95. The van der Waals surface area contributed by atoms with Crippen LogP contribution in [-0.4, -0.2) is 54.6 Å². The Kier molecular flexibility index (Phi) is 4.86. The van der Waals surface area contributed by atoms with E-state index >= 15 is 0 Å². The van der Waals surface area contributed by atoms with Crippen molar-refractivity contribution in [1.29, 1.82) is 0 Å². The zero-order valence-corrected chi connectivity index (χ0v) is 13.6. The topological polar surface area (TPSA) is 63.4 Å². The Morgan fingerprint density at radius 3 is 2.74 bits per heavy atom. The van der Waals surface area contributed by atoms with Crippen molar-refractivity contribution in [2.75, 3.05) is 30.3 Å². The van der Waals surface area contributed by atoms with Crippen molar-refractivity contribution < 1.29 is 8.42 Å². The molecular formula is C13H26N2O2S2. The van der Waals surface area contributed by atoms with Gasteiger partial charge in [0.15, 0.2) is 9.84 Å². The van der Waals surface area contributed by atoms with E-state index in [1.165, 1.54) is 6.42 Å². The van der Waals surface area contributed by atoms with E-state index in [4.69, 9.17) is 5.73 Å². The summed E-state index contributed by atoms with van der Waals surface area (Å²) in [6, 6.07) is 0.